The summed E-state index contributed by atoms with van der Waals surface area (Å²) in [4.78, 5) is 0. The Hall–Kier alpha value is -2.60. The van der Waals surface area contributed by atoms with Crippen LogP contribution in [0.15, 0.2) is 60.7 Å². The second-order valence-corrected chi connectivity index (χ2v) is 9.98. The van der Waals surface area contributed by atoms with E-state index in [4.69, 9.17) is 0 Å². The molecule has 5 rings (SSSR count). The van der Waals surface area contributed by atoms with Crippen LogP contribution in [0, 0.1) is 0 Å². The number of hydrogen-bond acceptors (Lipinski definition) is 0. The standard InChI is InChI=1S/C33H38/c1-3-5-7-9-10-15-25-23-26-18-14-21-29-28-20-12-16-24-17-13-22-30(31(24)28)33(32(26)29)27(25)19-11-8-6-4-2/h12-14,16-18,20-23H,3-11,15,19H2,1-2H3. The first-order valence-electron chi connectivity index (χ1n) is 13.4. The molecule has 0 saturated heterocycles. The highest BCUT2D eigenvalue weighted by atomic mass is 14.2. The molecule has 0 aliphatic carbocycles. The van der Waals surface area contributed by atoms with Crippen molar-refractivity contribution in [3.8, 4) is 0 Å². The molecule has 0 heterocycles. The smallest absolute Gasteiger partial charge is 0.00234 e. The molecule has 0 N–H and O–H groups in total. The second kappa shape index (κ2) is 10.1. The third-order valence-electron chi connectivity index (χ3n) is 7.66. The largest absolute Gasteiger partial charge is 0.0654 e. The van der Waals surface area contributed by atoms with Crippen LogP contribution in [0.25, 0.3) is 43.1 Å². The Bertz CT molecular complexity index is 1350. The van der Waals surface area contributed by atoms with E-state index in [1.807, 2.05) is 0 Å². The van der Waals surface area contributed by atoms with Gasteiger partial charge in [-0.2, -0.15) is 0 Å². The molecular weight excluding hydrogens is 396 g/mol. The fourth-order valence-electron chi connectivity index (χ4n) is 6.01. The molecule has 0 heteroatoms. The lowest BCUT2D eigenvalue weighted by Crippen LogP contribution is -2.00. The number of fused-ring (bicyclic) bond motifs is 2. The summed E-state index contributed by atoms with van der Waals surface area (Å²) in [7, 11) is 0. The lowest BCUT2D eigenvalue weighted by Gasteiger charge is -2.20. The van der Waals surface area contributed by atoms with Gasteiger partial charge in [0, 0.05) is 0 Å². The molecule has 0 bridgehead atoms. The normalized spacial score (nSPS) is 12.1. The molecular formula is C33H38. The van der Waals surface area contributed by atoms with Crippen LogP contribution in [0.2, 0.25) is 0 Å². The maximum absolute atomic E-state index is 2.55. The van der Waals surface area contributed by atoms with Crippen molar-refractivity contribution in [3.63, 3.8) is 0 Å². The summed E-state index contributed by atoms with van der Waals surface area (Å²) >= 11 is 0. The van der Waals surface area contributed by atoms with Crippen LogP contribution < -0.4 is 0 Å². The summed E-state index contributed by atoms with van der Waals surface area (Å²) in [6.07, 6.45) is 14.4. The van der Waals surface area contributed by atoms with E-state index >= 15 is 0 Å². The summed E-state index contributed by atoms with van der Waals surface area (Å²) in [5.41, 5.74) is 3.25. The van der Waals surface area contributed by atoms with Crippen LogP contribution in [0.3, 0.4) is 0 Å². The summed E-state index contributed by atoms with van der Waals surface area (Å²) in [5, 5.41) is 11.6. The van der Waals surface area contributed by atoms with Gasteiger partial charge in [-0.05, 0) is 79.9 Å². The molecule has 0 nitrogen and oxygen atoms in total. The predicted octanol–water partition coefficient (Wildman–Crippen LogP) is 10.4. The lowest BCUT2D eigenvalue weighted by atomic mass is 9.83. The minimum absolute atomic E-state index is 1.21. The van der Waals surface area contributed by atoms with Gasteiger partial charge in [-0.3, -0.25) is 0 Å². The van der Waals surface area contributed by atoms with Gasteiger partial charge in [0.25, 0.3) is 0 Å². The van der Waals surface area contributed by atoms with Gasteiger partial charge in [0.1, 0.15) is 0 Å². The summed E-state index contributed by atoms with van der Waals surface area (Å²) in [6.45, 7) is 4.62. The predicted molar refractivity (Wildman–Crippen MR) is 148 cm³/mol. The molecule has 170 valence electrons. The highest BCUT2D eigenvalue weighted by Gasteiger charge is 2.18. The van der Waals surface area contributed by atoms with Gasteiger partial charge in [0.2, 0.25) is 0 Å². The van der Waals surface area contributed by atoms with Crippen molar-refractivity contribution >= 4 is 43.1 Å². The SMILES string of the molecule is CCCCCCCc1cc2cccc3c4cccc5cccc(c(c1CCCCCC)c23)c54. The quantitative estimate of drug-likeness (QED) is 0.110. The summed E-state index contributed by atoms with van der Waals surface area (Å²) < 4.78 is 0. The monoisotopic (exact) mass is 434 g/mol. The van der Waals surface area contributed by atoms with Gasteiger partial charge in [-0.25, -0.2) is 0 Å². The zero-order valence-electron chi connectivity index (χ0n) is 20.6. The van der Waals surface area contributed by atoms with Crippen molar-refractivity contribution in [2.45, 2.75) is 84.5 Å². The Kier molecular flexibility index (Phi) is 6.81. The molecule has 0 radical (unpaired) electrons. The van der Waals surface area contributed by atoms with Crippen molar-refractivity contribution in [3.05, 3.63) is 71.8 Å². The van der Waals surface area contributed by atoms with Gasteiger partial charge in [-0.1, -0.05) is 119 Å². The molecule has 0 aromatic heterocycles. The molecule has 0 saturated carbocycles. The molecule has 5 aromatic carbocycles. The molecule has 0 atom stereocenters. The Morgan fingerprint density at radius 1 is 0.485 bits per heavy atom. The van der Waals surface area contributed by atoms with Crippen molar-refractivity contribution < 1.29 is 0 Å². The van der Waals surface area contributed by atoms with E-state index in [1.165, 1.54) is 108 Å². The molecule has 33 heavy (non-hydrogen) atoms. The Morgan fingerprint density at radius 3 is 1.79 bits per heavy atom. The van der Waals surface area contributed by atoms with Gasteiger partial charge in [0.05, 0.1) is 0 Å². The number of unbranched alkanes of at least 4 members (excludes halogenated alkanes) is 7. The number of benzene rings is 5. The van der Waals surface area contributed by atoms with Gasteiger partial charge in [-0.15, -0.1) is 0 Å². The first kappa shape index (κ1) is 22.2. The van der Waals surface area contributed by atoms with E-state index in [0.717, 1.165) is 0 Å². The van der Waals surface area contributed by atoms with Crippen LogP contribution in [0.4, 0.5) is 0 Å². The van der Waals surface area contributed by atoms with E-state index in [9.17, 15) is 0 Å². The highest BCUT2D eigenvalue weighted by molar-refractivity contribution is 6.33. The Labute approximate surface area is 199 Å². The third-order valence-corrected chi connectivity index (χ3v) is 7.66. The average Bonchev–Trinajstić information content (AvgIpc) is 2.85. The van der Waals surface area contributed by atoms with Gasteiger partial charge >= 0.3 is 0 Å². The van der Waals surface area contributed by atoms with Crippen molar-refractivity contribution in [1.29, 1.82) is 0 Å². The highest BCUT2D eigenvalue weighted by Crippen LogP contribution is 2.43. The summed E-state index contributed by atoms with van der Waals surface area (Å²) in [6, 6.07) is 23.3. The van der Waals surface area contributed by atoms with E-state index < -0.39 is 0 Å². The molecule has 0 aliphatic rings. The number of rotatable bonds is 11. The fourth-order valence-corrected chi connectivity index (χ4v) is 6.01. The molecule has 0 spiro atoms. The Balaban J connectivity index is 1.73. The van der Waals surface area contributed by atoms with Crippen molar-refractivity contribution in [2.75, 3.05) is 0 Å². The second-order valence-electron chi connectivity index (χ2n) is 9.98. The minimum atomic E-state index is 1.21. The molecule has 0 fully saturated rings. The molecule has 0 amide bonds. The van der Waals surface area contributed by atoms with Crippen LogP contribution in [0.5, 0.6) is 0 Å². The van der Waals surface area contributed by atoms with E-state index in [2.05, 4.69) is 74.5 Å². The van der Waals surface area contributed by atoms with Crippen LogP contribution in [-0.2, 0) is 12.8 Å². The molecule has 5 aromatic rings. The van der Waals surface area contributed by atoms with E-state index in [1.54, 1.807) is 16.5 Å². The van der Waals surface area contributed by atoms with E-state index in [-0.39, 0.29) is 0 Å². The summed E-state index contributed by atoms with van der Waals surface area (Å²) in [5.74, 6) is 0. The fraction of sp³-hybridized carbons (Fsp3) is 0.394. The Morgan fingerprint density at radius 2 is 1.06 bits per heavy atom. The first-order chi connectivity index (χ1) is 16.3. The molecule has 0 unspecified atom stereocenters. The maximum Gasteiger partial charge on any atom is -0.00234 e. The first-order valence-corrected chi connectivity index (χ1v) is 13.4. The topological polar surface area (TPSA) is 0 Å². The van der Waals surface area contributed by atoms with Gasteiger partial charge < -0.3 is 0 Å². The van der Waals surface area contributed by atoms with Crippen molar-refractivity contribution in [1.82, 2.24) is 0 Å². The van der Waals surface area contributed by atoms with E-state index in [0.29, 0.717) is 0 Å². The number of aryl methyl sites for hydroxylation is 2. The maximum atomic E-state index is 2.55. The molecule has 0 aliphatic heterocycles. The van der Waals surface area contributed by atoms with Crippen LogP contribution in [0.1, 0.15) is 82.8 Å². The lowest BCUT2D eigenvalue weighted by molar-refractivity contribution is 0.628. The van der Waals surface area contributed by atoms with Crippen LogP contribution >= 0.6 is 0 Å². The van der Waals surface area contributed by atoms with Crippen molar-refractivity contribution in [2.24, 2.45) is 0 Å². The number of hydrogen-bond donors (Lipinski definition) is 0. The minimum Gasteiger partial charge on any atom is -0.0654 e. The average molecular weight is 435 g/mol. The third kappa shape index (κ3) is 4.21. The van der Waals surface area contributed by atoms with Crippen LogP contribution in [-0.4, -0.2) is 0 Å². The zero-order chi connectivity index (χ0) is 22.6. The van der Waals surface area contributed by atoms with Gasteiger partial charge in [0.15, 0.2) is 0 Å². The zero-order valence-corrected chi connectivity index (χ0v) is 20.6.